The molecule has 0 saturated carbocycles. The van der Waals surface area contributed by atoms with E-state index in [0.717, 1.165) is 6.07 Å². The number of para-hydroxylation sites is 1. The minimum Gasteiger partial charge on any atom is -0.327 e. The van der Waals surface area contributed by atoms with Crippen molar-refractivity contribution in [3.05, 3.63) is 28.8 Å². The first-order valence-electron chi connectivity index (χ1n) is 3.52. The van der Waals surface area contributed by atoms with Gasteiger partial charge in [-0.1, -0.05) is 25.1 Å². The number of hydrogen-bond acceptors (Lipinski definition) is 1. The molecule has 0 atom stereocenters. The average molecular weight is 240 g/mol. The molecule has 0 heterocycles. The van der Waals surface area contributed by atoms with Crippen LogP contribution in [0.5, 0.6) is 0 Å². The molecule has 1 aromatic carbocycles. The van der Waals surface area contributed by atoms with E-state index in [-0.39, 0.29) is 18.9 Å². The summed E-state index contributed by atoms with van der Waals surface area (Å²) in [4.78, 5) is 10.1. The summed E-state index contributed by atoms with van der Waals surface area (Å²) in [6.07, 6.45) is -4.38. The Kier molecular flexibility index (Phi) is 4.61. The molecule has 0 aliphatic carbocycles. The van der Waals surface area contributed by atoms with Gasteiger partial charge in [0.2, 0.25) is 6.41 Å². The van der Waals surface area contributed by atoms with Crippen LogP contribution in [0, 0.1) is 0 Å². The van der Waals surface area contributed by atoms with E-state index in [1.165, 1.54) is 12.1 Å². The lowest BCUT2D eigenvalue weighted by molar-refractivity contribution is -0.136. The molecular weight excluding hydrogens is 231 g/mol. The van der Waals surface area contributed by atoms with Crippen LogP contribution in [0.3, 0.4) is 0 Å². The molecule has 1 aromatic rings. The van der Waals surface area contributed by atoms with Gasteiger partial charge < -0.3 is 5.32 Å². The smallest absolute Gasteiger partial charge is 0.327 e. The lowest BCUT2D eigenvalue weighted by atomic mass is 10.1. The molecule has 0 spiro atoms. The van der Waals surface area contributed by atoms with Crippen molar-refractivity contribution in [2.45, 2.75) is 13.6 Å². The van der Waals surface area contributed by atoms with Crippen molar-refractivity contribution in [3.63, 3.8) is 0 Å². The Morgan fingerprint density at radius 3 is 2.40 bits per heavy atom. The molecule has 15 heavy (non-hydrogen) atoms. The van der Waals surface area contributed by atoms with Crippen LogP contribution in [0.25, 0.3) is 0 Å². The van der Waals surface area contributed by atoms with Gasteiger partial charge in [-0.05, 0) is 12.1 Å². The summed E-state index contributed by atoms with van der Waals surface area (Å²) in [5, 5.41) is 1.77. The third-order valence-corrected chi connectivity index (χ3v) is 1.84. The van der Waals surface area contributed by atoms with Gasteiger partial charge in [-0.25, -0.2) is 0 Å². The van der Waals surface area contributed by atoms with Gasteiger partial charge in [0.05, 0.1) is 16.3 Å². The molecule has 0 bridgehead atoms. The molecule has 0 aromatic heterocycles. The largest absolute Gasteiger partial charge is 0.418 e. The van der Waals surface area contributed by atoms with Gasteiger partial charge in [-0.15, -0.1) is 0 Å². The maximum Gasteiger partial charge on any atom is 0.418 e. The maximum atomic E-state index is 12.3. The van der Waals surface area contributed by atoms with Crippen molar-refractivity contribution in [3.8, 4) is 0 Å². The highest BCUT2D eigenvalue weighted by Crippen LogP contribution is 2.37. The quantitative estimate of drug-likeness (QED) is 0.786. The van der Waals surface area contributed by atoms with Crippen LogP contribution in [0.15, 0.2) is 18.2 Å². The number of nitrogens with one attached hydrogen (secondary N) is 1. The zero-order valence-electron chi connectivity index (χ0n) is 6.73. The number of anilines is 1. The molecule has 0 fully saturated rings. The summed E-state index contributed by atoms with van der Waals surface area (Å²) in [6, 6.07) is 3.28. The number of hydrogen-bond donors (Lipinski definition) is 1. The van der Waals surface area contributed by atoms with Crippen molar-refractivity contribution in [2.75, 3.05) is 5.32 Å². The first-order valence-corrected chi connectivity index (χ1v) is 3.90. The van der Waals surface area contributed by atoms with E-state index in [2.05, 4.69) is 0 Å². The second-order valence-electron chi connectivity index (χ2n) is 2.42. The van der Waals surface area contributed by atoms with Gasteiger partial charge >= 0.3 is 6.18 Å². The SMILES string of the molecule is C.O=CNc1c(Cl)cccc1C(F)(F)F. The third-order valence-electron chi connectivity index (χ3n) is 1.52. The fourth-order valence-corrected chi connectivity index (χ4v) is 1.20. The zero-order valence-corrected chi connectivity index (χ0v) is 7.49. The fraction of sp³-hybridized carbons (Fsp3) is 0.222. The van der Waals surface area contributed by atoms with E-state index in [1.807, 2.05) is 5.32 Å². The van der Waals surface area contributed by atoms with E-state index in [9.17, 15) is 18.0 Å². The van der Waals surface area contributed by atoms with E-state index >= 15 is 0 Å². The van der Waals surface area contributed by atoms with Crippen molar-refractivity contribution < 1.29 is 18.0 Å². The second kappa shape index (κ2) is 5.02. The highest BCUT2D eigenvalue weighted by Gasteiger charge is 2.34. The highest BCUT2D eigenvalue weighted by molar-refractivity contribution is 6.33. The van der Waals surface area contributed by atoms with E-state index in [0.29, 0.717) is 0 Å². The number of alkyl halides is 3. The standard InChI is InChI=1S/C8H5ClF3NO.CH4/c9-6-3-1-2-5(8(10,11)12)7(6)13-4-14;/h1-4H,(H,13,14);1H4. The Hall–Kier alpha value is -1.23. The van der Waals surface area contributed by atoms with E-state index in [4.69, 9.17) is 11.6 Å². The fourth-order valence-electron chi connectivity index (χ4n) is 0.966. The van der Waals surface area contributed by atoms with Crippen molar-refractivity contribution in [1.82, 2.24) is 0 Å². The summed E-state index contributed by atoms with van der Waals surface area (Å²) in [7, 11) is 0. The number of benzene rings is 1. The van der Waals surface area contributed by atoms with Crippen LogP contribution in [0.2, 0.25) is 5.02 Å². The minimum atomic E-state index is -4.53. The summed E-state index contributed by atoms with van der Waals surface area (Å²) in [5.74, 6) is 0. The van der Waals surface area contributed by atoms with Gasteiger partial charge in [-0.2, -0.15) is 13.2 Å². The Balaban J connectivity index is 0.00000196. The molecule has 84 valence electrons. The summed E-state index contributed by atoms with van der Waals surface area (Å²) in [5.41, 5.74) is -1.38. The predicted octanol–water partition coefficient (Wildman–Crippen LogP) is 3.56. The Labute approximate surface area is 90.0 Å². The van der Waals surface area contributed by atoms with Crippen LogP contribution < -0.4 is 5.32 Å². The Morgan fingerprint density at radius 1 is 1.33 bits per heavy atom. The Morgan fingerprint density at radius 2 is 1.93 bits per heavy atom. The first-order chi connectivity index (χ1) is 6.46. The number of carbonyl (C=O) groups excluding carboxylic acids is 1. The molecule has 6 heteroatoms. The maximum absolute atomic E-state index is 12.3. The molecule has 2 nitrogen and oxygen atoms in total. The van der Waals surface area contributed by atoms with Gasteiger partial charge in [0.15, 0.2) is 0 Å². The summed E-state index contributed by atoms with van der Waals surface area (Å²) in [6.45, 7) is 0. The monoisotopic (exact) mass is 239 g/mol. The van der Waals surface area contributed by atoms with Crippen LogP contribution in [-0.2, 0) is 11.0 Å². The molecule has 0 saturated heterocycles. The topological polar surface area (TPSA) is 29.1 Å². The van der Waals surface area contributed by atoms with E-state index in [1.54, 1.807) is 0 Å². The van der Waals surface area contributed by atoms with Crippen molar-refractivity contribution in [2.24, 2.45) is 0 Å². The van der Waals surface area contributed by atoms with E-state index < -0.39 is 17.4 Å². The number of halogens is 4. The van der Waals surface area contributed by atoms with Gasteiger partial charge in [0.25, 0.3) is 0 Å². The molecule has 0 unspecified atom stereocenters. The lowest BCUT2D eigenvalue weighted by Crippen LogP contribution is -2.10. The minimum absolute atomic E-state index is 0. The zero-order chi connectivity index (χ0) is 10.8. The van der Waals surface area contributed by atoms with Crippen molar-refractivity contribution >= 4 is 23.7 Å². The summed E-state index contributed by atoms with van der Waals surface area (Å²) < 4.78 is 37.0. The number of amides is 1. The van der Waals surface area contributed by atoms with Crippen LogP contribution in [-0.4, -0.2) is 6.41 Å². The van der Waals surface area contributed by atoms with Crippen LogP contribution in [0.1, 0.15) is 13.0 Å². The van der Waals surface area contributed by atoms with Gasteiger partial charge in [-0.3, -0.25) is 4.79 Å². The molecule has 1 amide bonds. The first kappa shape index (κ1) is 13.8. The van der Waals surface area contributed by atoms with Crippen LogP contribution in [0.4, 0.5) is 18.9 Å². The Bertz CT molecular complexity index is 352. The molecule has 1 N–H and O–H groups in total. The lowest BCUT2D eigenvalue weighted by Gasteiger charge is -2.12. The number of carbonyl (C=O) groups is 1. The summed E-state index contributed by atoms with van der Waals surface area (Å²) >= 11 is 5.49. The van der Waals surface area contributed by atoms with Gasteiger partial charge in [0.1, 0.15) is 0 Å². The molecule has 0 radical (unpaired) electrons. The normalized spacial score (nSPS) is 10.4. The third kappa shape index (κ3) is 3.13. The average Bonchev–Trinajstić information content (AvgIpc) is 2.07. The molecular formula is C9H9ClF3NO. The molecule has 0 aliphatic rings. The van der Waals surface area contributed by atoms with Crippen molar-refractivity contribution in [1.29, 1.82) is 0 Å². The van der Waals surface area contributed by atoms with Crippen LogP contribution >= 0.6 is 11.6 Å². The molecule has 1 rings (SSSR count). The highest BCUT2D eigenvalue weighted by atomic mass is 35.5. The second-order valence-corrected chi connectivity index (χ2v) is 2.83. The predicted molar refractivity (Wildman–Crippen MR) is 52.9 cm³/mol. The molecule has 0 aliphatic heterocycles. The van der Waals surface area contributed by atoms with Gasteiger partial charge in [0, 0.05) is 0 Å². The number of rotatable bonds is 2.